The van der Waals surface area contributed by atoms with Crippen LogP contribution in [0.2, 0.25) is 0 Å². The van der Waals surface area contributed by atoms with E-state index in [1.165, 1.54) is 9.88 Å². The molecule has 0 saturated carbocycles. The fourth-order valence-corrected chi connectivity index (χ4v) is 2.42. The van der Waals surface area contributed by atoms with Crippen LogP contribution < -0.4 is 10.1 Å². The van der Waals surface area contributed by atoms with E-state index >= 15 is 0 Å². The Labute approximate surface area is 117 Å². The minimum atomic E-state index is 0.116. The van der Waals surface area contributed by atoms with Crippen molar-refractivity contribution in [2.75, 3.05) is 5.32 Å². The lowest BCUT2D eigenvalue weighted by Gasteiger charge is -2.13. The molecule has 0 unspecified atom stereocenters. The van der Waals surface area contributed by atoms with Gasteiger partial charge < -0.3 is 10.1 Å². The maximum atomic E-state index is 5.67. The van der Waals surface area contributed by atoms with Gasteiger partial charge in [0.25, 0.3) is 0 Å². The lowest BCUT2D eigenvalue weighted by Crippen LogP contribution is -2.09. The van der Waals surface area contributed by atoms with Gasteiger partial charge in [-0.25, -0.2) is 9.97 Å². The lowest BCUT2D eigenvalue weighted by molar-refractivity contribution is 0.234. The highest BCUT2D eigenvalue weighted by Gasteiger charge is 2.07. The van der Waals surface area contributed by atoms with Gasteiger partial charge in [0.1, 0.15) is 0 Å². The molecule has 0 amide bonds. The molecule has 2 aromatic rings. The van der Waals surface area contributed by atoms with E-state index in [0.29, 0.717) is 5.88 Å². The van der Waals surface area contributed by atoms with Crippen molar-refractivity contribution in [3.8, 4) is 5.88 Å². The molecule has 0 spiro atoms. The summed E-state index contributed by atoms with van der Waals surface area (Å²) in [6.07, 6.45) is 4.77. The monoisotopic (exact) mass is 277 g/mol. The number of anilines is 1. The van der Waals surface area contributed by atoms with Crippen molar-refractivity contribution in [2.45, 2.75) is 39.8 Å². The quantitative estimate of drug-likeness (QED) is 0.878. The summed E-state index contributed by atoms with van der Waals surface area (Å²) in [6, 6.07) is 3.88. The van der Waals surface area contributed by atoms with Crippen LogP contribution in [0.5, 0.6) is 5.88 Å². The van der Waals surface area contributed by atoms with Crippen LogP contribution >= 0.6 is 11.3 Å². The smallest absolute Gasteiger partial charge is 0.237 e. The minimum absolute atomic E-state index is 0.116. The minimum Gasteiger partial charge on any atom is -0.473 e. The Morgan fingerprint density at radius 1 is 1.37 bits per heavy atom. The average molecular weight is 277 g/mol. The molecule has 0 aliphatic rings. The lowest BCUT2D eigenvalue weighted by atomic mass is 10.4. The van der Waals surface area contributed by atoms with E-state index in [4.69, 9.17) is 4.74 Å². The van der Waals surface area contributed by atoms with Gasteiger partial charge in [-0.15, -0.1) is 11.3 Å². The largest absolute Gasteiger partial charge is 0.473 e. The Balaban J connectivity index is 2.02. The van der Waals surface area contributed by atoms with E-state index in [2.05, 4.69) is 22.2 Å². The first-order valence-corrected chi connectivity index (χ1v) is 7.29. The van der Waals surface area contributed by atoms with Crippen molar-refractivity contribution < 1.29 is 4.74 Å². The Kier molecular flexibility index (Phi) is 4.74. The second-order valence-corrected chi connectivity index (χ2v) is 5.65. The van der Waals surface area contributed by atoms with Crippen LogP contribution in [0.15, 0.2) is 24.5 Å². The highest BCUT2D eigenvalue weighted by atomic mass is 32.1. The second-order valence-electron chi connectivity index (χ2n) is 4.45. The summed E-state index contributed by atoms with van der Waals surface area (Å²) >= 11 is 1.74. The number of thiazole rings is 1. The molecule has 0 bridgehead atoms. The van der Waals surface area contributed by atoms with Gasteiger partial charge in [-0.1, -0.05) is 6.92 Å². The molecule has 0 saturated heterocycles. The molecule has 19 heavy (non-hydrogen) atoms. The summed E-state index contributed by atoms with van der Waals surface area (Å²) in [4.78, 5) is 9.82. The molecule has 2 rings (SSSR count). The molecule has 2 aromatic heterocycles. The summed E-state index contributed by atoms with van der Waals surface area (Å²) in [5.74, 6) is 0.651. The highest BCUT2D eigenvalue weighted by Crippen LogP contribution is 2.23. The molecular weight excluding hydrogens is 258 g/mol. The fraction of sp³-hybridized carbons (Fsp3) is 0.429. The zero-order valence-electron chi connectivity index (χ0n) is 11.5. The first-order valence-electron chi connectivity index (χ1n) is 6.48. The number of pyridine rings is 1. The van der Waals surface area contributed by atoms with E-state index in [1.807, 2.05) is 32.2 Å². The SMILES string of the molecule is CCc1ncc(CNc2cccnc2OC(C)C)s1. The standard InChI is InChI=1S/C14H19N3OS/c1-4-13-17-9-11(19-13)8-16-12-6-5-7-15-14(12)18-10(2)3/h5-7,9-10,16H,4,8H2,1-3H3. The molecule has 0 aromatic carbocycles. The molecule has 102 valence electrons. The molecule has 2 heterocycles. The molecule has 0 aliphatic heterocycles. The summed E-state index contributed by atoms with van der Waals surface area (Å²) < 4.78 is 5.67. The van der Waals surface area contributed by atoms with E-state index < -0.39 is 0 Å². The van der Waals surface area contributed by atoms with Gasteiger partial charge in [-0.3, -0.25) is 0 Å². The first-order chi connectivity index (χ1) is 9.19. The number of rotatable bonds is 6. The molecule has 5 heteroatoms. The van der Waals surface area contributed by atoms with E-state index in [0.717, 1.165) is 18.7 Å². The number of hydrogen-bond donors (Lipinski definition) is 1. The fourth-order valence-electron chi connectivity index (χ4n) is 1.62. The number of nitrogens with one attached hydrogen (secondary N) is 1. The van der Waals surface area contributed by atoms with Crippen LogP contribution in [0.25, 0.3) is 0 Å². The van der Waals surface area contributed by atoms with E-state index in [-0.39, 0.29) is 6.10 Å². The van der Waals surface area contributed by atoms with E-state index in [1.54, 1.807) is 17.5 Å². The summed E-state index contributed by atoms with van der Waals surface area (Å²) in [7, 11) is 0. The highest BCUT2D eigenvalue weighted by molar-refractivity contribution is 7.11. The summed E-state index contributed by atoms with van der Waals surface area (Å²) in [6.45, 7) is 6.86. The van der Waals surface area contributed by atoms with Gasteiger partial charge in [-0.2, -0.15) is 0 Å². The molecule has 4 nitrogen and oxygen atoms in total. The topological polar surface area (TPSA) is 47.0 Å². The van der Waals surface area contributed by atoms with Crippen molar-refractivity contribution in [1.82, 2.24) is 9.97 Å². The average Bonchev–Trinajstić information content (AvgIpc) is 2.85. The van der Waals surface area contributed by atoms with Crippen LogP contribution in [0.4, 0.5) is 5.69 Å². The molecule has 0 atom stereocenters. The van der Waals surface area contributed by atoms with Crippen LogP contribution in [0.1, 0.15) is 30.7 Å². The summed E-state index contributed by atoms with van der Waals surface area (Å²) in [5, 5.41) is 4.52. The van der Waals surface area contributed by atoms with Crippen molar-refractivity contribution in [3.63, 3.8) is 0 Å². The third kappa shape index (κ3) is 3.92. The number of aryl methyl sites for hydroxylation is 1. The van der Waals surface area contributed by atoms with Gasteiger partial charge in [0.15, 0.2) is 0 Å². The first kappa shape index (κ1) is 13.8. The van der Waals surface area contributed by atoms with Crippen molar-refractivity contribution >= 4 is 17.0 Å². The number of nitrogens with zero attached hydrogens (tertiary/aromatic N) is 2. The molecule has 0 aliphatic carbocycles. The van der Waals surface area contributed by atoms with E-state index in [9.17, 15) is 0 Å². The van der Waals surface area contributed by atoms with Crippen molar-refractivity contribution in [2.24, 2.45) is 0 Å². The maximum Gasteiger partial charge on any atom is 0.237 e. The maximum absolute atomic E-state index is 5.67. The van der Waals surface area contributed by atoms with Gasteiger partial charge in [0.05, 0.1) is 23.3 Å². The van der Waals surface area contributed by atoms with Gasteiger partial charge in [0.2, 0.25) is 5.88 Å². The van der Waals surface area contributed by atoms with Crippen LogP contribution in [0, 0.1) is 0 Å². The zero-order chi connectivity index (χ0) is 13.7. The van der Waals surface area contributed by atoms with Crippen LogP contribution in [-0.4, -0.2) is 16.1 Å². The number of hydrogen-bond acceptors (Lipinski definition) is 5. The third-order valence-electron chi connectivity index (χ3n) is 2.48. The molecule has 0 fully saturated rings. The van der Waals surface area contributed by atoms with Crippen molar-refractivity contribution in [3.05, 3.63) is 34.4 Å². The van der Waals surface area contributed by atoms with Crippen molar-refractivity contribution in [1.29, 1.82) is 0 Å². The predicted octanol–water partition coefficient (Wildman–Crippen LogP) is 3.50. The Hall–Kier alpha value is -1.62. The predicted molar refractivity (Wildman–Crippen MR) is 78.8 cm³/mol. The third-order valence-corrected chi connectivity index (χ3v) is 3.62. The van der Waals surface area contributed by atoms with Gasteiger partial charge in [0, 0.05) is 17.3 Å². The second kappa shape index (κ2) is 6.52. The van der Waals surface area contributed by atoms with Crippen LogP contribution in [0.3, 0.4) is 0 Å². The zero-order valence-corrected chi connectivity index (χ0v) is 12.3. The molecular formula is C14H19N3OS. The molecule has 0 radical (unpaired) electrons. The summed E-state index contributed by atoms with van der Waals surface area (Å²) in [5.41, 5.74) is 0.919. The van der Waals surface area contributed by atoms with Gasteiger partial charge >= 0.3 is 0 Å². The Morgan fingerprint density at radius 3 is 2.89 bits per heavy atom. The number of aromatic nitrogens is 2. The Bertz CT molecular complexity index is 525. The molecule has 1 N–H and O–H groups in total. The van der Waals surface area contributed by atoms with Crippen LogP contribution in [-0.2, 0) is 13.0 Å². The normalized spacial score (nSPS) is 10.7. The van der Waals surface area contributed by atoms with Gasteiger partial charge in [-0.05, 0) is 32.4 Å². The number of ether oxygens (including phenoxy) is 1. The Morgan fingerprint density at radius 2 is 2.21 bits per heavy atom.